The minimum atomic E-state index is -0.512. The Morgan fingerprint density at radius 1 is 1.38 bits per heavy atom. The Kier molecular flexibility index (Phi) is 4.81. The molecule has 24 heavy (non-hydrogen) atoms. The normalized spacial score (nSPS) is 11.1. The minimum Gasteiger partial charge on any atom is -0.453 e. The van der Waals surface area contributed by atoms with Crippen LogP contribution in [-0.2, 0) is 16.1 Å². The van der Waals surface area contributed by atoms with Gasteiger partial charge in [-0.05, 0) is 37.3 Å². The first-order valence-corrected chi connectivity index (χ1v) is 7.96. The van der Waals surface area contributed by atoms with Gasteiger partial charge in [0.15, 0.2) is 12.4 Å². The second-order valence-electron chi connectivity index (χ2n) is 4.86. The van der Waals surface area contributed by atoms with Gasteiger partial charge in [0.25, 0.3) is 0 Å². The molecule has 122 valence electrons. The summed E-state index contributed by atoms with van der Waals surface area (Å²) in [5, 5.41) is 2.78. The van der Waals surface area contributed by atoms with Crippen LogP contribution < -0.4 is 0 Å². The number of aryl methyl sites for hydroxylation is 1. The van der Waals surface area contributed by atoms with E-state index in [4.69, 9.17) is 9.15 Å². The molecule has 5 nitrogen and oxygen atoms in total. The summed E-state index contributed by atoms with van der Waals surface area (Å²) < 4.78 is 23.4. The molecule has 0 aliphatic carbocycles. The predicted molar refractivity (Wildman–Crippen MR) is 87.6 cm³/mol. The van der Waals surface area contributed by atoms with Gasteiger partial charge >= 0.3 is 5.97 Å². The average Bonchev–Trinajstić information content (AvgIpc) is 3.21. The summed E-state index contributed by atoms with van der Waals surface area (Å²) in [6.45, 7) is 1.81. The summed E-state index contributed by atoms with van der Waals surface area (Å²) in [6, 6.07) is 5.85. The Hall–Kier alpha value is -2.80. The largest absolute Gasteiger partial charge is 0.453 e. The number of carbonyl (C=O) groups is 1. The van der Waals surface area contributed by atoms with Gasteiger partial charge in [0.2, 0.25) is 5.89 Å². The first kappa shape index (κ1) is 16.1. The predicted octanol–water partition coefficient (Wildman–Crippen LogP) is 4.00. The smallest absolute Gasteiger partial charge is 0.331 e. The maximum Gasteiger partial charge on any atom is 0.331 e. The molecule has 0 aliphatic rings. The number of ether oxygens (including phenoxy) is 1. The van der Waals surface area contributed by atoms with Gasteiger partial charge in [0, 0.05) is 17.0 Å². The molecular formula is C17H13FN2O3S. The van der Waals surface area contributed by atoms with Crippen molar-refractivity contribution in [2.24, 2.45) is 0 Å². The van der Waals surface area contributed by atoms with E-state index in [1.54, 1.807) is 18.2 Å². The summed E-state index contributed by atoms with van der Waals surface area (Å²) in [4.78, 5) is 19.9. The van der Waals surface area contributed by atoms with Gasteiger partial charge in [-0.3, -0.25) is 0 Å². The van der Waals surface area contributed by atoms with E-state index >= 15 is 0 Å². The fourth-order valence-corrected chi connectivity index (χ4v) is 2.50. The van der Waals surface area contributed by atoms with E-state index < -0.39 is 5.97 Å². The molecule has 2 aromatic heterocycles. The van der Waals surface area contributed by atoms with E-state index in [1.165, 1.54) is 35.7 Å². The highest BCUT2D eigenvalue weighted by molar-refractivity contribution is 7.09. The summed E-state index contributed by atoms with van der Waals surface area (Å²) in [7, 11) is 0. The Labute approximate surface area is 141 Å². The van der Waals surface area contributed by atoms with Crippen LogP contribution in [0.1, 0.15) is 16.6 Å². The molecule has 0 radical (unpaired) electrons. The van der Waals surface area contributed by atoms with Crippen molar-refractivity contribution >= 4 is 23.4 Å². The number of carbonyl (C=O) groups excluding carboxylic acids is 1. The molecule has 0 spiro atoms. The highest BCUT2D eigenvalue weighted by Crippen LogP contribution is 2.20. The lowest BCUT2D eigenvalue weighted by Gasteiger charge is -1.98. The van der Waals surface area contributed by atoms with Crippen molar-refractivity contribution in [2.45, 2.75) is 13.5 Å². The molecule has 2 heterocycles. The number of thiazole rings is 1. The molecule has 7 heteroatoms. The molecule has 3 aromatic rings. The van der Waals surface area contributed by atoms with Crippen molar-refractivity contribution in [3.8, 4) is 11.3 Å². The average molecular weight is 344 g/mol. The SMILES string of the molecule is Cc1nc(/C=C/C(=O)OCc2ncc(-c3ccc(F)cc3)o2)cs1. The van der Waals surface area contributed by atoms with Crippen LogP contribution in [-0.4, -0.2) is 15.9 Å². The van der Waals surface area contributed by atoms with Crippen molar-refractivity contribution in [3.05, 3.63) is 64.3 Å². The van der Waals surface area contributed by atoms with E-state index in [9.17, 15) is 9.18 Å². The van der Waals surface area contributed by atoms with Gasteiger partial charge in [-0.1, -0.05) is 0 Å². The molecule has 0 saturated heterocycles. The van der Waals surface area contributed by atoms with Gasteiger partial charge in [0.1, 0.15) is 5.82 Å². The van der Waals surface area contributed by atoms with E-state index in [0.717, 1.165) is 5.01 Å². The van der Waals surface area contributed by atoms with Crippen molar-refractivity contribution in [3.63, 3.8) is 0 Å². The number of rotatable bonds is 5. The number of hydrogen-bond acceptors (Lipinski definition) is 6. The molecule has 0 unspecified atom stereocenters. The molecule has 0 bridgehead atoms. The van der Waals surface area contributed by atoms with Gasteiger partial charge in [0.05, 0.1) is 16.9 Å². The molecule has 1 aromatic carbocycles. The molecule has 0 saturated carbocycles. The van der Waals surface area contributed by atoms with Crippen LogP contribution in [0, 0.1) is 12.7 Å². The van der Waals surface area contributed by atoms with Crippen molar-refractivity contribution in [1.29, 1.82) is 0 Å². The number of benzene rings is 1. The van der Waals surface area contributed by atoms with Gasteiger partial charge < -0.3 is 9.15 Å². The Morgan fingerprint density at radius 3 is 2.88 bits per heavy atom. The number of esters is 1. The van der Waals surface area contributed by atoms with Crippen molar-refractivity contribution < 1.29 is 18.3 Å². The maximum atomic E-state index is 12.9. The fourth-order valence-electron chi connectivity index (χ4n) is 1.92. The number of oxazole rings is 1. The highest BCUT2D eigenvalue weighted by atomic mass is 32.1. The van der Waals surface area contributed by atoms with Crippen molar-refractivity contribution in [1.82, 2.24) is 9.97 Å². The number of nitrogens with zero attached hydrogens (tertiary/aromatic N) is 2. The fraction of sp³-hybridized carbons (Fsp3) is 0.118. The quantitative estimate of drug-likeness (QED) is 0.517. The monoisotopic (exact) mass is 344 g/mol. The second-order valence-corrected chi connectivity index (χ2v) is 5.92. The first-order valence-electron chi connectivity index (χ1n) is 7.08. The van der Waals surface area contributed by atoms with E-state index in [0.29, 0.717) is 17.0 Å². The highest BCUT2D eigenvalue weighted by Gasteiger charge is 2.08. The van der Waals surface area contributed by atoms with Crippen LogP contribution >= 0.6 is 11.3 Å². The van der Waals surface area contributed by atoms with Crippen LogP contribution in [0.4, 0.5) is 4.39 Å². The van der Waals surface area contributed by atoms with Crippen LogP contribution in [0.2, 0.25) is 0 Å². The Morgan fingerprint density at radius 2 is 2.17 bits per heavy atom. The Balaban J connectivity index is 1.56. The van der Waals surface area contributed by atoms with E-state index in [-0.39, 0.29) is 18.3 Å². The standard InChI is InChI=1S/C17H13FN2O3S/c1-11-20-14(10-24-11)6-7-17(21)22-9-16-19-8-15(23-16)12-2-4-13(18)5-3-12/h2-8,10H,9H2,1H3/b7-6+. The molecular weight excluding hydrogens is 331 g/mol. The molecule has 0 N–H and O–H groups in total. The molecule has 0 amide bonds. The molecule has 0 atom stereocenters. The summed E-state index contributed by atoms with van der Waals surface area (Å²) >= 11 is 1.50. The zero-order valence-corrected chi connectivity index (χ0v) is 13.5. The zero-order valence-electron chi connectivity index (χ0n) is 12.7. The number of halogens is 1. The lowest BCUT2D eigenvalue weighted by Crippen LogP contribution is -2.00. The van der Waals surface area contributed by atoms with Gasteiger partial charge in [-0.25, -0.2) is 19.2 Å². The van der Waals surface area contributed by atoms with Crippen LogP contribution in [0.25, 0.3) is 17.4 Å². The number of hydrogen-bond donors (Lipinski definition) is 0. The maximum absolute atomic E-state index is 12.9. The number of aromatic nitrogens is 2. The Bertz CT molecular complexity index is 868. The van der Waals surface area contributed by atoms with Crippen LogP contribution in [0.5, 0.6) is 0 Å². The third-order valence-corrected chi connectivity index (χ3v) is 3.84. The third-order valence-electron chi connectivity index (χ3n) is 3.05. The van der Waals surface area contributed by atoms with E-state index in [2.05, 4.69) is 9.97 Å². The molecule has 0 fully saturated rings. The first-order chi connectivity index (χ1) is 11.6. The van der Waals surface area contributed by atoms with Crippen LogP contribution in [0.3, 0.4) is 0 Å². The molecule has 0 aliphatic heterocycles. The zero-order chi connectivity index (χ0) is 16.9. The van der Waals surface area contributed by atoms with Gasteiger partial charge in [-0.15, -0.1) is 11.3 Å². The summed E-state index contributed by atoms with van der Waals surface area (Å²) in [6.07, 6.45) is 4.40. The van der Waals surface area contributed by atoms with Crippen LogP contribution in [0.15, 0.2) is 46.3 Å². The van der Waals surface area contributed by atoms with E-state index in [1.807, 2.05) is 12.3 Å². The lowest BCUT2D eigenvalue weighted by molar-refractivity contribution is -0.139. The van der Waals surface area contributed by atoms with Crippen molar-refractivity contribution in [2.75, 3.05) is 0 Å². The minimum absolute atomic E-state index is 0.0829. The third kappa shape index (κ3) is 4.14. The second kappa shape index (κ2) is 7.18. The van der Waals surface area contributed by atoms with Gasteiger partial charge in [-0.2, -0.15) is 0 Å². The summed E-state index contributed by atoms with van der Waals surface area (Å²) in [5.41, 5.74) is 1.41. The molecule has 3 rings (SSSR count). The lowest BCUT2D eigenvalue weighted by atomic mass is 10.2. The summed E-state index contributed by atoms with van der Waals surface area (Å²) in [5.74, 6) is -0.0909. The topological polar surface area (TPSA) is 65.2 Å².